The molecule has 0 amide bonds. The van der Waals surface area contributed by atoms with Crippen LogP contribution in [0.25, 0.3) is 0 Å². The zero-order valence-electron chi connectivity index (χ0n) is 13.6. The molecular weight excluding hydrogens is 314 g/mol. The first-order chi connectivity index (χ1) is 11.0. The predicted molar refractivity (Wildman–Crippen MR) is 88.1 cm³/mol. The molecule has 1 aliphatic rings. The third kappa shape index (κ3) is 4.02. The van der Waals surface area contributed by atoms with E-state index in [2.05, 4.69) is 0 Å². The molecule has 1 unspecified atom stereocenters. The summed E-state index contributed by atoms with van der Waals surface area (Å²) in [6.07, 6.45) is 1.83. The van der Waals surface area contributed by atoms with Gasteiger partial charge in [0.2, 0.25) is 0 Å². The van der Waals surface area contributed by atoms with Gasteiger partial charge >= 0.3 is 0 Å². The Balaban J connectivity index is 2.17. The zero-order valence-corrected chi connectivity index (χ0v) is 14.4. The van der Waals surface area contributed by atoms with Gasteiger partial charge in [0, 0.05) is 26.6 Å². The van der Waals surface area contributed by atoms with Gasteiger partial charge in [0.15, 0.2) is 0 Å². The van der Waals surface area contributed by atoms with Gasteiger partial charge in [0.25, 0.3) is 10.2 Å². The fourth-order valence-electron chi connectivity index (χ4n) is 2.80. The number of hydrogen-bond acceptors (Lipinski definition) is 4. The van der Waals surface area contributed by atoms with Gasteiger partial charge in [-0.05, 0) is 37.5 Å². The van der Waals surface area contributed by atoms with Crippen molar-refractivity contribution >= 4 is 10.2 Å². The molecule has 1 heterocycles. The Kier molecular flexibility index (Phi) is 5.99. The van der Waals surface area contributed by atoms with Crippen LogP contribution in [0.3, 0.4) is 0 Å². The average Bonchev–Trinajstić information content (AvgIpc) is 3.04. The van der Waals surface area contributed by atoms with E-state index in [9.17, 15) is 8.42 Å². The first-order valence-corrected chi connectivity index (χ1v) is 9.23. The Morgan fingerprint density at radius 2 is 2.09 bits per heavy atom. The molecule has 0 saturated carbocycles. The van der Waals surface area contributed by atoms with Gasteiger partial charge in [-0.1, -0.05) is 12.1 Å². The van der Waals surface area contributed by atoms with Crippen LogP contribution in [0.1, 0.15) is 37.8 Å². The summed E-state index contributed by atoms with van der Waals surface area (Å²) < 4.78 is 33.7. The van der Waals surface area contributed by atoms with Crippen LogP contribution in [-0.2, 0) is 10.2 Å². The Morgan fingerprint density at radius 1 is 1.39 bits per heavy atom. The van der Waals surface area contributed by atoms with Crippen molar-refractivity contribution in [3.05, 3.63) is 29.8 Å². The van der Waals surface area contributed by atoms with Crippen molar-refractivity contribution in [3.8, 4) is 11.8 Å². The molecule has 1 aromatic rings. The molecule has 6 nitrogen and oxygen atoms in total. The van der Waals surface area contributed by atoms with Crippen LogP contribution in [0.15, 0.2) is 24.3 Å². The maximum atomic E-state index is 12.7. The highest BCUT2D eigenvalue weighted by molar-refractivity contribution is 7.86. The molecule has 1 saturated heterocycles. The van der Waals surface area contributed by atoms with Gasteiger partial charge in [-0.25, -0.2) is 0 Å². The number of hydrogen-bond donors (Lipinski definition) is 0. The van der Waals surface area contributed by atoms with Crippen molar-refractivity contribution in [1.82, 2.24) is 8.61 Å². The number of benzene rings is 1. The van der Waals surface area contributed by atoms with Gasteiger partial charge in [0.1, 0.15) is 5.75 Å². The van der Waals surface area contributed by atoms with E-state index < -0.39 is 10.2 Å². The molecule has 0 radical (unpaired) electrons. The molecule has 0 N–H and O–H groups in total. The molecule has 0 aliphatic carbocycles. The van der Waals surface area contributed by atoms with E-state index in [4.69, 9.17) is 10.00 Å². The van der Waals surface area contributed by atoms with Gasteiger partial charge < -0.3 is 4.74 Å². The maximum absolute atomic E-state index is 12.7. The van der Waals surface area contributed by atoms with Crippen LogP contribution >= 0.6 is 0 Å². The Labute approximate surface area is 138 Å². The molecule has 126 valence electrons. The molecule has 1 fully saturated rings. The van der Waals surface area contributed by atoms with Crippen LogP contribution in [0, 0.1) is 11.3 Å². The van der Waals surface area contributed by atoms with Crippen LogP contribution < -0.4 is 4.74 Å². The minimum atomic E-state index is -3.54. The number of rotatable bonds is 7. The molecule has 1 atom stereocenters. The molecule has 1 aromatic carbocycles. The summed E-state index contributed by atoms with van der Waals surface area (Å²) in [6, 6.07) is 9.44. The Bertz CT molecular complexity index is 652. The van der Waals surface area contributed by atoms with Crippen LogP contribution in [-0.4, -0.2) is 43.8 Å². The largest absolute Gasteiger partial charge is 0.494 e. The molecule has 2 rings (SSSR count). The predicted octanol–water partition coefficient (Wildman–Crippen LogP) is 2.31. The third-order valence-electron chi connectivity index (χ3n) is 4.01. The highest BCUT2D eigenvalue weighted by Crippen LogP contribution is 2.35. The third-order valence-corrected chi connectivity index (χ3v) is 6.01. The number of ether oxygens (including phenoxy) is 1. The molecule has 0 aromatic heterocycles. The van der Waals surface area contributed by atoms with E-state index in [1.165, 1.54) is 11.4 Å². The van der Waals surface area contributed by atoms with Crippen molar-refractivity contribution in [2.24, 2.45) is 0 Å². The van der Waals surface area contributed by atoms with E-state index in [1.807, 2.05) is 37.3 Å². The summed E-state index contributed by atoms with van der Waals surface area (Å²) in [4.78, 5) is 0. The van der Waals surface area contributed by atoms with Gasteiger partial charge in [-0.3, -0.25) is 0 Å². The summed E-state index contributed by atoms with van der Waals surface area (Å²) >= 11 is 0. The highest BCUT2D eigenvalue weighted by atomic mass is 32.2. The second kappa shape index (κ2) is 7.77. The first kappa shape index (κ1) is 17.7. The lowest BCUT2D eigenvalue weighted by molar-refractivity contribution is 0.338. The van der Waals surface area contributed by atoms with E-state index >= 15 is 0 Å². The maximum Gasteiger partial charge on any atom is 0.282 e. The number of nitrogens with zero attached hydrogens (tertiary/aromatic N) is 3. The standard InChI is InChI=1S/C16H23N3O3S/c1-3-22-15-9-7-14(8-10-15)16-6-4-13-19(16)23(20,21)18(2)12-5-11-17/h7-10,16H,3-6,12-13H2,1-2H3. The SMILES string of the molecule is CCOc1ccc(C2CCCN2S(=O)(=O)N(C)CCC#N)cc1. The summed E-state index contributed by atoms with van der Waals surface area (Å²) in [7, 11) is -2.02. The van der Waals surface area contributed by atoms with Crippen molar-refractivity contribution in [2.75, 3.05) is 26.7 Å². The minimum absolute atomic E-state index is 0.153. The summed E-state index contributed by atoms with van der Waals surface area (Å²) in [5, 5.41) is 8.65. The summed E-state index contributed by atoms with van der Waals surface area (Å²) in [6.45, 7) is 3.26. The highest BCUT2D eigenvalue weighted by Gasteiger charge is 2.37. The normalized spacial score (nSPS) is 19.0. The number of nitriles is 1. The average molecular weight is 337 g/mol. The minimum Gasteiger partial charge on any atom is -0.494 e. The lowest BCUT2D eigenvalue weighted by atomic mass is 10.1. The summed E-state index contributed by atoms with van der Waals surface area (Å²) in [5.74, 6) is 0.787. The van der Waals surface area contributed by atoms with Crippen LogP contribution in [0.2, 0.25) is 0 Å². The lowest BCUT2D eigenvalue weighted by Gasteiger charge is -2.28. The second-order valence-electron chi connectivity index (χ2n) is 5.51. The van der Waals surface area contributed by atoms with Crippen molar-refractivity contribution < 1.29 is 13.2 Å². The van der Waals surface area contributed by atoms with E-state index in [-0.39, 0.29) is 19.0 Å². The van der Waals surface area contributed by atoms with Crippen molar-refractivity contribution in [3.63, 3.8) is 0 Å². The quantitative estimate of drug-likeness (QED) is 0.765. The molecule has 1 aliphatic heterocycles. The van der Waals surface area contributed by atoms with Crippen molar-refractivity contribution in [1.29, 1.82) is 5.26 Å². The second-order valence-corrected chi connectivity index (χ2v) is 7.50. The van der Waals surface area contributed by atoms with Gasteiger partial charge in [0.05, 0.1) is 18.7 Å². The molecule has 0 bridgehead atoms. The molecule has 23 heavy (non-hydrogen) atoms. The van der Waals surface area contributed by atoms with E-state index in [1.54, 1.807) is 4.31 Å². The zero-order chi connectivity index (χ0) is 16.9. The molecular formula is C16H23N3O3S. The van der Waals surface area contributed by atoms with Gasteiger partial charge in [-0.2, -0.15) is 22.3 Å². The summed E-state index contributed by atoms with van der Waals surface area (Å²) in [5.41, 5.74) is 0.975. The van der Waals surface area contributed by atoms with E-state index in [0.717, 1.165) is 24.2 Å². The Hall–Kier alpha value is -1.62. The van der Waals surface area contributed by atoms with Crippen LogP contribution in [0.4, 0.5) is 0 Å². The smallest absolute Gasteiger partial charge is 0.282 e. The fourth-order valence-corrected chi connectivity index (χ4v) is 4.39. The first-order valence-electron chi connectivity index (χ1n) is 7.83. The monoisotopic (exact) mass is 337 g/mol. The van der Waals surface area contributed by atoms with Crippen LogP contribution in [0.5, 0.6) is 5.75 Å². The van der Waals surface area contributed by atoms with Crippen molar-refractivity contribution in [2.45, 2.75) is 32.2 Å². The molecule has 7 heteroatoms. The fraction of sp³-hybridized carbons (Fsp3) is 0.562. The topological polar surface area (TPSA) is 73.6 Å². The molecule has 0 spiro atoms. The van der Waals surface area contributed by atoms with E-state index in [0.29, 0.717) is 13.2 Å². The Morgan fingerprint density at radius 3 is 2.70 bits per heavy atom. The van der Waals surface area contributed by atoms with Gasteiger partial charge in [-0.15, -0.1) is 0 Å². The lowest BCUT2D eigenvalue weighted by Crippen LogP contribution is -2.41.